The third-order valence-corrected chi connectivity index (χ3v) is 12.6. The molecule has 0 heterocycles. The Labute approximate surface area is 454 Å². The van der Waals surface area contributed by atoms with E-state index in [0.29, 0.717) is 17.4 Å². The molecule has 1 N–H and O–H groups in total. The van der Waals surface area contributed by atoms with E-state index in [1.165, 1.54) is 122 Å². The first kappa shape index (κ1) is 70.2. The summed E-state index contributed by atoms with van der Waals surface area (Å²) in [5.74, 6) is -2.01. The molecule has 9 nitrogen and oxygen atoms in total. The smallest absolute Gasteiger partial charge is 0.361 e. The van der Waals surface area contributed by atoms with E-state index >= 15 is 0 Å². The second-order valence-electron chi connectivity index (χ2n) is 20.9. The molecule has 0 aliphatic heterocycles. The molecule has 2 atom stereocenters. The summed E-state index contributed by atoms with van der Waals surface area (Å²) in [5.41, 5.74) is 0. The number of likely N-dealkylation sites (N-methyl/N-ethyl adjacent to an activating group) is 1. The molecule has 0 radical (unpaired) electrons. The lowest BCUT2D eigenvalue weighted by molar-refractivity contribution is -0.870. The molecular weight excluding hydrogens is 923 g/mol. The van der Waals surface area contributed by atoms with Crippen molar-refractivity contribution in [2.45, 2.75) is 251 Å². The van der Waals surface area contributed by atoms with Gasteiger partial charge < -0.3 is 28.5 Å². The van der Waals surface area contributed by atoms with Gasteiger partial charge in [0.25, 0.3) is 6.29 Å². The molecule has 0 aromatic carbocycles. The third-order valence-electron chi connectivity index (χ3n) is 12.6. The summed E-state index contributed by atoms with van der Waals surface area (Å²) in [5, 5.41) is 9.67. The number of carboxylic acid groups (broad SMARTS) is 1. The molecule has 424 valence electrons. The number of esters is 2. The number of hydrogen-bond donors (Lipinski definition) is 1. The largest absolute Gasteiger partial charge is 0.477 e. The summed E-state index contributed by atoms with van der Waals surface area (Å²) >= 11 is 0. The monoisotopic (exact) mass is 1030 g/mol. The number of ether oxygens (including phenoxy) is 4. The highest BCUT2D eigenvalue weighted by Crippen LogP contribution is 2.16. The maximum absolute atomic E-state index is 12.8. The van der Waals surface area contributed by atoms with E-state index in [0.717, 1.165) is 89.9 Å². The zero-order valence-electron chi connectivity index (χ0n) is 48.2. The first-order chi connectivity index (χ1) is 36.1. The third kappa shape index (κ3) is 55.9. The summed E-state index contributed by atoms with van der Waals surface area (Å²) in [6.45, 7) is 4.74. The Morgan fingerprint density at radius 2 is 0.770 bits per heavy atom. The van der Waals surface area contributed by atoms with Gasteiger partial charge in [0, 0.05) is 12.8 Å². The van der Waals surface area contributed by atoms with Gasteiger partial charge in [-0.1, -0.05) is 246 Å². The molecule has 0 aromatic heterocycles. The van der Waals surface area contributed by atoms with Crippen molar-refractivity contribution in [3.8, 4) is 0 Å². The van der Waals surface area contributed by atoms with E-state index in [2.05, 4.69) is 111 Å². The van der Waals surface area contributed by atoms with Gasteiger partial charge in [-0.15, -0.1) is 0 Å². The Morgan fingerprint density at radius 1 is 0.419 bits per heavy atom. The van der Waals surface area contributed by atoms with Crippen molar-refractivity contribution in [1.82, 2.24) is 0 Å². The molecule has 0 spiro atoms. The predicted molar refractivity (Wildman–Crippen MR) is 313 cm³/mol. The Kier molecular flexibility index (Phi) is 52.6. The van der Waals surface area contributed by atoms with Gasteiger partial charge in [0.15, 0.2) is 6.10 Å². The molecule has 0 saturated heterocycles. The van der Waals surface area contributed by atoms with Crippen molar-refractivity contribution in [1.29, 1.82) is 0 Å². The average molecular weight is 1040 g/mol. The van der Waals surface area contributed by atoms with Crippen LogP contribution >= 0.6 is 0 Å². The van der Waals surface area contributed by atoms with Crippen molar-refractivity contribution < 1.29 is 42.9 Å². The Hall–Kier alpha value is -3.79. The van der Waals surface area contributed by atoms with E-state index in [9.17, 15) is 19.5 Å². The van der Waals surface area contributed by atoms with Gasteiger partial charge in [0.2, 0.25) is 0 Å². The van der Waals surface area contributed by atoms with Crippen molar-refractivity contribution in [3.63, 3.8) is 0 Å². The normalized spacial score (nSPS) is 13.5. The molecular formula is C65H112NO8+. The topological polar surface area (TPSA) is 108 Å². The molecule has 74 heavy (non-hydrogen) atoms. The highest BCUT2D eigenvalue weighted by Gasteiger charge is 2.25. The maximum atomic E-state index is 12.8. The lowest BCUT2D eigenvalue weighted by Gasteiger charge is -2.25. The summed E-state index contributed by atoms with van der Waals surface area (Å²) < 4.78 is 22.8. The van der Waals surface area contributed by atoms with Crippen LogP contribution in [0.4, 0.5) is 0 Å². The number of quaternary nitrogens is 1. The van der Waals surface area contributed by atoms with Crippen molar-refractivity contribution >= 4 is 17.9 Å². The van der Waals surface area contributed by atoms with E-state index in [4.69, 9.17) is 18.9 Å². The molecule has 2 unspecified atom stereocenters. The van der Waals surface area contributed by atoms with Crippen LogP contribution in [0.1, 0.15) is 239 Å². The molecule has 0 fully saturated rings. The number of carboxylic acids is 1. The van der Waals surface area contributed by atoms with Gasteiger partial charge in [0.05, 0.1) is 34.4 Å². The Morgan fingerprint density at radius 3 is 1.15 bits per heavy atom. The van der Waals surface area contributed by atoms with Gasteiger partial charge in [-0.25, -0.2) is 4.79 Å². The molecule has 0 bridgehead atoms. The minimum Gasteiger partial charge on any atom is -0.477 e. The quantitative estimate of drug-likeness (QED) is 0.0211. The highest BCUT2D eigenvalue weighted by atomic mass is 16.7. The minimum absolute atomic E-state index is 0.182. The highest BCUT2D eigenvalue weighted by molar-refractivity contribution is 5.71. The zero-order valence-corrected chi connectivity index (χ0v) is 48.2. The lowest BCUT2D eigenvalue weighted by Crippen LogP contribution is -2.40. The van der Waals surface area contributed by atoms with E-state index in [-0.39, 0.29) is 32.2 Å². The number of carbonyl (C=O) groups excluding carboxylic acids is 2. The van der Waals surface area contributed by atoms with Gasteiger partial charge in [-0.05, 0) is 77.0 Å². The second-order valence-corrected chi connectivity index (χ2v) is 20.9. The van der Waals surface area contributed by atoms with E-state index in [1.54, 1.807) is 0 Å². The van der Waals surface area contributed by atoms with Crippen LogP contribution in [0.15, 0.2) is 97.2 Å². The minimum atomic E-state index is -1.51. The van der Waals surface area contributed by atoms with Crippen LogP contribution in [0.25, 0.3) is 0 Å². The summed E-state index contributed by atoms with van der Waals surface area (Å²) in [6, 6.07) is 0. The molecule has 0 aromatic rings. The van der Waals surface area contributed by atoms with Crippen LogP contribution in [0, 0.1) is 0 Å². The van der Waals surface area contributed by atoms with E-state index in [1.807, 2.05) is 21.1 Å². The van der Waals surface area contributed by atoms with Crippen LogP contribution in [0.2, 0.25) is 0 Å². The standard InChI is InChI=1S/C65H111NO8/c1-6-8-10-12-14-16-18-19-20-21-22-23-24-25-26-27-28-29-30-31-32-33-34-35-36-37-38-39-40-41-42-43-44-45-46-48-50-52-54-56-63(68)74-61(60-73-65(64(69)70)71-58-57-66(3,4)5)59-72-62(67)55-53-51-49-47-17-15-13-11-9-7-2/h8,10,14,16,19-20,22-23,25-26,28-29,31-32,34-35,61,65H,6-7,9,11-13,15,17-18,21,24,27,30,33,36-60H2,1-5H3/p+1/b10-8-,16-14-,20-19-,23-22-,26-25-,29-28-,32-31-,35-34-. The number of hydrogen-bond acceptors (Lipinski definition) is 7. The zero-order chi connectivity index (χ0) is 54.1. The Bertz CT molecular complexity index is 1530. The predicted octanol–water partition coefficient (Wildman–Crippen LogP) is 17.7. The number of unbranched alkanes of at least 4 members (excludes halogenated alkanes) is 23. The lowest BCUT2D eigenvalue weighted by atomic mass is 10.0. The fourth-order valence-electron chi connectivity index (χ4n) is 8.03. The SMILES string of the molecule is CC/C=C\C/C=C\C/C=C\C/C=C\C/C=C\C/C=C\C/C=C\C/C=C\CCCCCCCCCCCCCCCCC(=O)OC(COC(=O)CCCCCCCCCCCC)COC(OCC[N+](C)(C)C)C(=O)O. The van der Waals surface area contributed by atoms with Crippen LogP contribution in [0.3, 0.4) is 0 Å². The van der Waals surface area contributed by atoms with Gasteiger partial charge in [0.1, 0.15) is 13.2 Å². The first-order valence-corrected chi connectivity index (χ1v) is 29.9. The maximum Gasteiger partial charge on any atom is 0.361 e. The average Bonchev–Trinajstić information content (AvgIpc) is 3.37. The summed E-state index contributed by atoms with van der Waals surface area (Å²) in [4.78, 5) is 37.2. The molecule has 9 heteroatoms. The van der Waals surface area contributed by atoms with Crippen molar-refractivity contribution in [3.05, 3.63) is 97.2 Å². The van der Waals surface area contributed by atoms with Crippen LogP contribution in [-0.4, -0.2) is 87.4 Å². The molecule has 0 amide bonds. The first-order valence-electron chi connectivity index (χ1n) is 29.9. The van der Waals surface area contributed by atoms with Crippen LogP contribution in [0.5, 0.6) is 0 Å². The molecule has 0 rings (SSSR count). The number of aliphatic carboxylic acids is 1. The van der Waals surface area contributed by atoms with Crippen LogP contribution in [-0.2, 0) is 33.3 Å². The number of carbonyl (C=O) groups is 3. The van der Waals surface area contributed by atoms with E-state index < -0.39 is 24.3 Å². The summed E-state index contributed by atoms with van der Waals surface area (Å²) in [6.07, 6.45) is 72.2. The molecule has 0 aliphatic rings. The second kappa shape index (κ2) is 55.4. The van der Waals surface area contributed by atoms with Gasteiger partial charge in [-0.2, -0.15) is 0 Å². The fourth-order valence-corrected chi connectivity index (χ4v) is 8.03. The fraction of sp³-hybridized carbons (Fsp3) is 0.708. The number of allylic oxidation sites excluding steroid dienone is 16. The Balaban J connectivity index is 4.03. The van der Waals surface area contributed by atoms with Crippen LogP contribution < -0.4 is 0 Å². The number of rotatable bonds is 54. The molecule has 0 aliphatic carbocycles. The van der Waals surface area contributed by atoms with Crippen molar-refractivity contribution in [2.24, 2.45) is 0 Å². The number of nitrogens with zero attached hydrogens (tertiary/aromatic N) is 1. The summed E-state index contributed by atoms with van der Waals surface area (Å²) in [7, 11) is 5.96. The van der Waals surface area contributed by atoms with Gasteiger partial charge >= 0.3 is 17.9 Å². The van der Waals surface area contributed by atoms with Crippen molar-refractivity contribution in [2.75, 3.05) is 47.5 Å². The molecule has 0 saturated carbocycles. The van der Waals surface area contributed by atoms with Gasteiger partial charge in [-0.3, -0.25) is 9.59 Å².